The third-order valence-corrected chi connectivity index (χ3v) is 4.64. The maximum atomic E-state index is 13.1. The molecule has 22 heavy (non-hydrogen) atoms. The third kappa shape index (κ3) is 3.28. The van der Waals surface area contributed by atoms with Crippen LogP contribution < -0.4 is 0 Å². The second-order valence-corrected chi connectivity index (χ2v) is 6.33. The molecule has 2 saturated carbocycles. The molecule has 0 aliphatic heterocycles. The van der Waals surface area contributed by atoms with Gasteiger partial charge in [-0.1, -0.05) is 31.0 Å². The van der Waals surface area contributed by atoms with Gasteiger partial charge < -0.3 is 4.90 Å². The lowest BCUT2D eigenvalue weighted by atomic mass is 10.0. The van der Waals surface area contributed by atoms with Gasteiger partial charge >= 0.3 is 6.18 Å². The smallest absolute Gasteiger partial charge is 0.335 e. The average molecular weight is 311 g/mol. The minimum Gasteiger partial charge on any atom is -0.335 e. The van der Waals surface area contributed by atoms with Crippen LogP contribution in [0.5, 0.6) is 0 Å². The Bertz CT molecular complexity index is 545. The first-order chi connectivity index (χ1) is 10.5. The fraction of sp³-hybridized carbons (Fsp3) is 0.588. The largest absolute Gasteiger partial charge is 0.416 e. The van der Waals surface area contributed by atoms with Crippen molar-refractivity contribution in [3.63, 3.8) is 0 Å². The number of rotatable bonds is 4. The lowest BCUT2D eigenvalue weighted by Crippen LogP contribution is -2.37. The van der Waals surface area contributed by atoms with Gasteiger partial charge in [0.25, 0.3) is 0 Å². The number of hydrogen-bond donors (Lipinski definition) is 0. The fourth-order valence-corrected chi connectivity index (χ4v) is 3.30. The van der Waals surface area contributed by atoms with Crippen molar-refractivity contribution in [1.82, 2.24) is 4.90 Å². The lowest BCUT2D eigenvalue weighted by Gasteiger charge is -2.27. The summed E-state index contributed by atoms with van der Waals surface area (Å²) in [6.45, 7) is 0.0791. The summed E-state index contributed by atoms with van der Waals surface area (Å²) in [5.41, 5.74) is -0.423. The van der Waals surface area contributed by atoms with Gasteiger partial charge in [-0.2, -0.15) is 13.2 Å². The Morgan fingerprint density at radius 3 is 2.32 bits per heavy atom. The van der Waals surface area contributed by atoms with Crippen molar-refractivity contribution in [3.05, 3.63) is 35.4 Å². The minimum atomic E-state index is -4.37. The molecule has 1 amide bonds. The van der Waals surface area contributed by atoms with Crippen LogP contribution >= 0.6 is 0 Å². The van der Waals surface area contributed by atoms with Gasteiger partial charge in [0.2, 0.25) is 5.91 Å². The number of hydrogen-bond acceptors (Lipinski definition) is 1. The summed E-state index contributed by atoms with van der Waals surface area (Å²) in [4.78, 5) is 14.3. The number of amides is 1. The van der Waals surface area contributed by atoms with Gasteiger partial charge in [-0.25, -0.2) is 0 Å². The maximum Gasteiger partial charge on any atom is 0.416 e. The van der Waals surface area contributed by atoms with Crippen molar-refractivity contribution in [3.8, 4) is 0 Å². The van der Waals surface area contributed by atoms with E-state index in [9.17, 15) is 18.0 Å². The Balaban J connectivity index is 1.81. The van der Waals surface area contributed by atoms with Gasteiger partial charge in [0.15, 0.2) is 0 Å². The summed E-state index contributed by atoms with van der Waals surface area (Å²) in [5, 5.41) is 0. The van der Waals surface area contributed by atoms with Crippen LogP contribution in [0.1, 0.15) is 49.7 Å². The van der Waals surface area contributed by atoms with Gasteiger partial charge in [-0.15, -0.1) is 0 Å². The molecule has 2 aliphatic rings. The zero-order valence-electron chi connectivity index (χ0n) is 12.4. The summed E-state index contributed by atoms with van der Waals surface area (Å²) < 4.78 is 39.3. The molecule has 2 fully saturated rings. The summed E-state index contributed by atoms with van der Waals surface area (Å²) in [6, 6.07) is 5.72. The van der Waals surface area contributed by atoms with Crippen molar-refractivity contribution in [1.29, 1.82) is 0 Å². The zero-order chi connectivity index (χ0) is 15.7. The number of carbonyl (C=O) groups is 1. The van der Waals surface area contributed by atoms with Crippen molar-refractivity contribution in [2.24, 2.45) is 5.92 Å². The van der Waals surface area contributed by atoms with E-state index in [1.807, 2.05) is 0 Å². The number of halogens is 3. The van der Waals surface area contributed by atoms with E-state index in [0.717, 1.165) is 44.6 Å². The van der Waals surface area contributed by atoms with E-state index in [1.54, 1.807) is 11.0 Å². The normalized spacial score (nSPS) is 19.4. The molecule has 3 rings (SSSR count). The zero-order valence-corrected chi connectivity index (χ0v) is 12.4. The molecular weight excluding hydrogens is 291 g/mol. The molecule has 2 aliphatic carbocycles. The van der Waals surface area contributed by atoms with Crippen LogP contribution in [-0.4, -0.2) is 16.8 Å². The quantitative estimate of drug-likeness (QED) is 0.808. The van der Waals surface area contributed by atoms with Crippen LogP contribution in [0.3, 0.4) is 0 Å². The van der Waals surface area contributed by atoms with E-state index in [2.05, 4.69) is 0 Å². The fourth-order valence-electron chi connectivity index (χ4n) is 3.30. The topological polar surface area (TPSA) is 20.3 Å². The van der Waals surface area contributed by atoms with Crippen LogP contribution in [0.2, 0.25) is 0 Å². The highest BCUT2D eigenvalue weighted by Gasteiger charge is 2.39. The average Bonchev–Trinajstić information content (AvgIpc) is 3.17. The Hall–Kier alpha value is -1.52. The van der Waals surface area contributed by atoms with Crippen LogP contribution in [0, 0.1) is 5.92 Å². The molecule has 1 aromatic rings. The highest BCUT2D eigenvalue weighted by molar-refractivity contribution is 5.79. The van der Waals surface area contributed by atoms with Crippen molar-refractivity contribution < 1.29 is 18.0 Å². The second kappa shape index (κ2) is 5.94. The molecule has 2 nitrogen and oxygen atoms in total. The molecule has 0 N–H and O–H groups in total. The van der Waals surface area contributed by atoms with Gasteiger partial charge in [0, 0.05) is 18.5 Å². The predicted molar refractivity (Wildman–Crippen MR) is 77.0 cm³/mol. The minimum absolute atomic E-state index is 0.0126. The van der Waals surface area contributed by atoms with Gasteiger partial charge in [0.05, 0.1) is 5.56 Å². The molecule has 0 heterocycles. The molecule has 0 bridgehead atoms. The number of nitrogens with zero attached hydrogens (tertiary/aromatic N) is 1. The summed E-state index contributed by atoms with van der Waals surface area (Å²) in [7, 11) is 0. The Labute approximate surface area is 128 Å². The molecule has 0 saturated heterocycles. The van der Waals surface area contributed by atoms with Crippen LogP contribution in [0.15, 0.2) is 24.3 Å². The molecule has 0 radical (unpaired) electrons. The van der Waals surface area contributed by atoms with E-state index in [-0.39, 0.29) is 30.0 Å². The molecule has 120 valence electrons. The lowest BCUT2D eigenvalue weighted by molar-refractivity contribution is -0.141. The SMILES string of the molecule is O=C(C1CCCC1)N(Cc1ccccc1C(F)(F)F)C1CC1. The highest BCUT2D eigenvalue weighted by atomic mass is 19.4. The highest BCUT2D eigenvalue weighted by Crippen LogP contribution is 2.37. The second-order valence-electron chi connectivity index (χ2n) is 6.33. The van der Waals surface area contributed by atoms with E-state index < -0.39 is 11.7 Å². The van der Waals surface area contributed by atoms with E-state index in [0.29, 0.717) is 0 Å². The van der Waals surface area contributed by atoms with Crippen LogP contribution in [0.25, 0.3) is 0 Å². The Morgan fingerprint density at radius 2 is 1.73 bits per heavy atom. The van der Waals surface area contributed by atoms with E-state index in [1.165, 1.54) is 12.1 Å². The molecule has 5 heteroatoms. The maximum absolute atomic E-state index is 13.1. The van der Waals surface area contributed by atoms with E-state index in [4.69, 9.17) is 0 Å². The molecule has 0 atom stereocenters. The van der Waals surface area contributed by atoms with Crippen molar-refractivity contribution >= 4 is 5.91 Å². The Kier molecular flexibility index (Phi) is 4.15. The number of benzene rings is 1. The molecule has 0 unspecified atom stereocenters. The van der Waals surface area contributed by atoms with Gasteiger partial charge in [0.1, 0.15) is 0 Å². The predicted octanol–water partition coefficient (Wildman–Crippen LogP) is 4.39. The first kappa shape index (κ1) is 15.4. The summed E-state index contributed by atoms with van der Waals surface area (Å²) in [5.74, 6) is 0.0654. The van der Waals surface area contributed by atoms with Gasteiger partial charge in [-0.05, 0) is 37.3 Å². The van der Waals surface area contributed by atoms with Crippen molar-refractivity contribution in [2.45, 2.75) is 57.3 Å². The summed E-state index contributed by atoms with van der Waals surface area (Å²) in [6.07, 6.45) is 1.30. The van der Waals surface area contributed by atoms with Crippen LogP contribution in [-0.2, 0) is 17.5 Å². The Morgan fingerprint density at radius 1 is 1.09 bits per heavy atom. The monoisotopic (exact) mass is 311 g/mol. The standard InChI is InChI=1S/C17H20F3NO/c18-17(19,20)15-8-4-3-7-13(15)11-21(14-9-10-14)16(22)12-5-1-2-6-12/h3-4,7-8,12,14H,1-2,5-6,9-11H2. The first-order valence-corrected chi connectivity index (χ1v) is 7.92. The molecular formula is C17H20F3NO. The first-order valence-electron chi connectivity index (χ1n) is 7.92. The molecule has 1 aromatic carbocycles. The summed E-state index contributed by atoms with van der Waals surface area (Å²) >= 11 is 0. The molecule has 0 aromatic heterocycles. The van der Waals surface area contributed by atoms with Gasteiger partial charge in [-0.3, -0.25) is 4.79 Å². The van der Waals surface area contributed by atoms with Crippen molar-refractivity contribution in [2.75, 3.05) is 0 Å². The van der Waals surface area contributed by atoms with E-state index >= 15 is 0 Å². The third-order valence-electron chi connectivity index (χ3n) is 4.64. The molecule has 0 spiro atoms. The van der Waals surface area contributed by atoms with Crippen LogP contribution in [0.4, 0.5) is 13.2 Å². The number of carbonyl (C=O) groups excluding carboxylic acids is 1. The number of alkyl halides is 3.